The summed E-state index contributed by atoms with van der Waals surface area (Å²) < 4.78 is 6.27. The lowest BCUT2D eigenvalue weighted by molar-refractivity contribution is 0.423. The second kappa shape index (κ2) is 4.59. The van der Waals surface area contributed by atoms with Crippen LogP contribution < -0.4 is 5.73 Å². The fourth-order valence-corrected chi connectivity index (χ4v) is 1.59. The maximum Gasteiger partial charge on any atom is 0.167 e. The molecular weight excluding hydrogens is 256 g/mol. The summed E-state index contributed by atoms with van der Waals surface area (Å²) in [5.74, 6) is 0.783. The van der Waals surface area contributed by atoms with Crippen molar-refractivity contribution < 1.29 is 4.52 Å². The lowest BCUT2D eigenvalue weighted by Gasteiger charge is -1.94. The van der Waals surface area contributed by atoms with Crippen molar-refractivity contribution in [2.45, 2.75) is 6.42 Å². The number of nitrogens with two attached hydrogens (primary N) is 1. The molecule has 2 aromatic rings. The number of hydrogen-bond donors (Lipinski definition) is 1. The molecular formula is C11H11BrN2O. The Kier molecular flexibility index (Phi) is 3.18. The third-order valence-corrected chi connectivity index (χ3v) is 2.62. The van der Waals surface area contributed by atoms with Crippen molar-refractivity contribution in [3.8, 4) is 11.3 Å². The molecule has 15 heavy (non-hydrogen) atoms. The summed E-state index contributed by atoms with van der Waals surface area (Å²) >= 11 is 3.39. The number of hydrogen-bond acceptors (Lipinski definition) is 3. The van der Waals surface area contributed by atoms with Gasteiger partial charge >= 0.3 is 0 Å². The Morgan fingerprint density at radius 2 is 2.00 bits per heavy atom. The number of nitrogens with zero attached hydrogens (tertiary/aromatic N) is 1. The summed E-state index contributed by atoms with van der Waals surface area (Å²) in [6.07, 6.45) is 0.750. The van der Waals surface area contributed by atoms with Gasteiger partial charge in [-0.3, -0.25) is 0 Å². The Bertz CT molecular complexity index is 436. The van der Waals surface area contributed by atoms with E-state index in [0.29, 0.717) is 6.54 Å². The molecule has 3 nitrogen and oxygen atoms in total. The molecule has 0 aliphatic heterocycles. The fourth-order valence-electron chi connectivity index (χ4n) is 1.33. The van der Waals surface area contributed by atoms with Crippen LogP contribution in [0.4, 0.5) is 0 Å². The van der Waals surface area contributed by atoms with E-state index in [9.17, 15) is 0 Å². The second-order valence-electron chi connectivity index (χ2n) is 3.23. The highest BCUT2D eigenvalue weighted by Crippen LogP contribution is 2.22. The van der Waals surface area contributed by atoms with Crippen molar-refractivity contribution in [3.63, 3.8) is 0 Å². The van der Waals surface area contributed by atoms with Gasteiger partial charge in [-0.15, -0.1) is 0 Å². The topological polar surface area (TPSA) is 52.0 Å². The Labute approximate surface area is 96.4 Å². The molecule has 0 fully saturated rings. The maximum atomic E-state index is 5.44. The van der Waals surface area contributed by atoms with E-state index in [1.54, 1.807) is 0 Å². The lowest BCUT2D eigenvalue weighted by atomic mass is 10.1. The zero-order valence-corrected chi connectivity index (χ0v) is 9.70. The monoisotopic (exact) mass is 266 g/mol. The van der Waals surface area contributed by atoms with Crippen molar-refractivity contribution in [2.75, 3.05) is 6.54 Å². The van der Waals surface area contributed by atoms with Crippen LogP contribution >= 0.6 is 15.9 Å². The van der Waals surface area contributed by atoms with Gasteiger partial charge in [-0.2, -0.15) is 0 Å². The molecule has 0 radical (unpaired) electrons. The highest BCUT2D eigenvalue weighted by Gasteiger charge is 2.05. The molecule has 0 saturated heterocycles. The first-order valence-corrected chi connectivity index (χ1v) is 5.50. The van der Waals surface area contributed by atoms with E-state index >= 15 is 0 Å². The smallest absolute Gasteiger partial charge is 0.167 e. The Morgan fingerprint density at radius 1 is 1.27 bits per heavy atom. The molecule has 0 unspecified atom stereocenters. The van der Waals surface area contributed by atoms with E-state index < -0.39 is 0 Å². The van der Waals surface area contributed by atoms with Gasteiger partial charge in [0, 0.05) is 22.5 Å². The highest BCUT2D eigenvalue weighted by molar-refractivity contribution is 9.10. The maximum absolute atomic E-state index is 5.44. The van der Waals surface area contributed by atoms with Gasteiger partial charge in [0.15, 0.2) is 5.76 Å². The van der Waals surface area contributed by atoms with Gasteiger partial charge in [-0.25, -0.2) is 0 Å². The fraction of sp³-hybridized carbons (Fsp3) is 0.182. The van der Waals surface area contributed by atoms with E-state index in [4.69, 9.17) is 10.3 Å². The van der Waals surface area contributed by atoms with Gasteiger partial charge in [0.05, 0.1) is 5.69 Å². The van der Waals surface area contributed by atoms with Crippen LogP contribution in [0.15, 0.2) is 39.3 Å². The molecule has 1 aromatic heterocycles. The van der Waals surface area contributed by atoms with E-state index in [1.807, 2.05) is 30.3 Å². The van der Waals surface area contributed by atoms with Gasteiger partial charge in [0.25, 0.3) is 0 Å². The number of aromatic nitrogens is 1. The quantitative estimate of drug-likeness (QED) is 0.929. The SMILES string of the molecule is NCCc1cc(-c2ccc(Br)cc2)on1. The van der Waals surface area contributed by atoms with Crippen LogP contribution in [0.5, 0.6) is 0 Å². The molecule has 0 aliphatic carbocycles. The second-order valence-corrected chi connectivity index (χ2v) is 4.14. The van der Waals surface area contributed by atoms with Crippen LogP contribution in [0.2, 0.25) is 0 Å². The van der Waals surface area contributed by atoms with Crippen LogP contribution in [0.3, 0.4) is 0 Å². The number of benzene rings is 1. The first kappa shape index (κ1) is 10.4. The molecule has 0 spiro atoms. The standard InChI is InChI=1S/C11H11BrN2O/c12-9-3-1-8(2-4-9)11-7-10(5-6-13)14-15-11/h1-4,7H,5-6,13H2. The zero-order chi connectivity index (χ0) is 10.7. The zero-order valence-electron chi connectivity index (χ0n) is 8.11. The Balaban J connectivity index is 2.25. The van der Waals surface area contributed by atoms with Gasteiger partial charge < -0.3 is 10.3 Å². The first-order chi connectivity index (χ1) is 7.29. The van der Waals surface area contributed by atoms with Crippen LogP contribution in [0.1, 0.15) is 5.69 Å². The molecule has 4 heteroatoms. The Hall–Kier alpha value is -1.13. The van der Waals surface area contributed by atoms with E-state index in [-0.39, 0.29) is 0 Å². The average Bonchev–Trinajstić information content (AvgIpc) is 2.68. The van der Waals surface area contributed by atoms with Crippen molar-refractivity contribution in [3.05, 3.63) is 40.5 Å². The lowest BCUT2D eigenvalue weighted by Crippen LogP contribution is -2.02. The van der Waals surface area contributed by atoms with Crippen molar-refractivity contribution in [1.82, 2.24) is 5.16 Å². The van der Waals surface area contributed by atoms with Crippen LogP contribution in [-0.4, -0.2) is 11.7 Å². The first-order valence-electron chi connectivity index (χ1n) is 4.71. The normalized spacial score (nSPS) is 10.5. The molecule has 1 heterocycles. The molecule has 0 bridgehead atoms. The van der Waals surface area contributed by atoms with Gasteiger partial charge in [0.2, 0.25) is 0 Å². The third-order valence-electron chi connectivity index (χ3n) is 2.09. The predicted molar refractivity (Wildman–Crippen MR) is 62.4 cm³/mol. The summed E-state index contributed by atoms with van der Waals surface area (Å²) in [6.45, 7) is 0.590. The van der Waals surface area contributed by atoms with Crippen LogP contribution in [0, 0.1) is 0 Å². The predicted octanol–water partition coefficient (Wildman–Crippen LogP) is 2.61. The summed E-state index contributed by atoms with van der Waals surface area (Å²) in [5, 5.41) is 3.94. The Morgan fingerprint density at radius 3 is 2.67 bits per heavy atom. The minimum Gasteiger partial charge on any atom is -0.356 e. The van der Waals surface area contributed by atoms with E-state index in [2.05, 4.69) is 21.1 Å². The average molecular weight is 267 g/mol. The van der Waals surface area contributed by atoms with Crippen LogP contribution in [0.25, 0.3) is 11.3 Å². The molecule has 2 rings (SSSR count). The van der Waals surface area contributed by atoms with Crippen LogP contribution in [-0.2, 0) is 6.42 Å². The summed E-state index contributed by atoms with van der Waals surface area (Å²) in [7, 11) is 0. The molecule has 0 atom stereocenters. The molecule has 0 amide bonds. The minimum absolute atomic E-state index is 0.590. The van der Waals surface area contributed by atoms with Crippen molar-refractivity contribution in [2.24, 2.45) is 5.73 Å². The summed E-state index contributed by atoms with van der Waals surface area (Å²) in [4.78, 5) is 0. The van der Waals surface area contributed by atoms with Gasteiger partial charge in [-0.05, 0) is 18.7 Å². The number of halogens is 1. The molecule has 78 valence electrons. The summed E-state index contributed by atoms with van der Waals surface area (Å²) in [6, 6.07) is 9.84. The van der Waals surface area contributed by atoms with Gasteiger partial charge in [0.1, 0.15) is 0 Å². The molecule has 0 saturated carbocycles. The summed E-state index contributed by atoms with van der Waals surface area (Å²) in [5.41, 5.74) is 7.36. The molecule has 0 aliphatic rings. The molecule has 1 aromatic carbocycles. The van der Waals surface area contributed by atoms with E-state index in [1.165, 1.54) is 0 Å². The molecule has 2 N–H and O–H groups in total. The minimum atomic E-state index is 0.590. The third kappa shape index (κ3) is 2.46. The van der Waals surface area contributed by atoms with E-state index in [0.717, 1.165) is 27.9 Å². The number of rotatable bonds is 3. The highest BCUT2D eigenvalue weighted by atomic mass is 79.9. The van der Waals surface area contributed by atoms with Crippen molar-refractivity contribution >= 4 is 15.9 Å². The van der Waals surface area contributed by atoms with Gasteiger partial charge in [-0.1, -0.05) is 33.2 Å². The van der Waals surface area contributed by atoms with Crippen molar-refractivity contribution in [1.29, 1.82) is 0 Å². The largest absolute Gasteiger partial charge is 0.356 e.